The van der Waals surface area contributed by atoms with Gasteiger partial charge in [0.25, 0.3) is 0 Å². The van der Waals surface area contributed by atoms with E-state index >= 15 is 0 Å². The summed E-state index contributed by atoms with van der Waals surface area (Å²) in [5.74, 6) is 2.23. The van der Waals surface area contributed by atoms with Crippen molar-refractivity contribution >= 4 is 27.7 Å². The average Bonchev–Trinajstić information content (AvgIpc) is 2.53. The predicted octanol–water partition coefficient (Wildman–Crippen LogP) is 2.77. The van der Waals surface area contributed by atoms with Crippen molar-refractivity contribution in [3.05, 3.63) is 22.6 Å². The van der Waals surface area contributed by atoms with Crippen molar-refractivity contribution in [3.8, 4) is 0 Å². The monoisotopic (exact) mass is 247 g/mol. The highest BCUT2D eigenvalue weighted by Crippen LogP contribution is 2.34. The van der Waals surface area contributed by atoms with Crippen LogP contribution in [0.2, 0.25) is 0 Å². The molecular weight excluding hydrogens is 238 g/mol. The Morgan fingerprint density at radius 1 is 1.67 bits per heavy atom. The van der Waals surface area contributed by atoms with Crippen molar-refractivity contribution < 1.29 is 4.42 Å². The van der Waals surface area contributed by atoms with Gasteiger partial charge in [0.15, 0.2) is 0 Å². The third-order valence-corrected chi connectivity index (χ3v) is 3.71. The van der Waals surface area contributed by atoms with Crippen molar-refractivity contribution in [2.24, 2.45) is 0 Å². The first-order chi connectivity index (χ1) is 5.88. The van der Waals surface area contributed by atoms with E-state index < -0.39 is 0 Å². The van der Waals surface area contributed by atoms with Crippen molar-refractivity contribution in [1.82, 2.24) is 5.32 Å². The van der Waals surface area contributed by atoms with Gasteiger partial charge >= 0.3 is 0 Å². The summed E-state index contributed by atoms with van der Waals surface area (Å²) in [6.45, 7) is 1.09. The van der Waals surface area contributed by atoms with E-state index in [-0.39, 0.29) is 0 Å². The standard InChI is InChI=1S/C8H10BrNOS/c9-6-2-4-11-7(6)8-10-3-1-5-12-8/h2,4,8,10H,1,3,5H2. The average molecular weight is 248 g/mol. The van der Waals surface area contributed by atoms with Crippen LogP contribution in [0.3, 0.4) is 0 Å². The first-order valence-corrected chi connectivity index (χ1v) is 5.80. The van der Waals surface area contributed by atoms with Gasteiger partial charge in [-0.1, -0.05) is 0 Å². The highest BCUT2D eigenvalue weighted by Gasteiger charge is 2.20. The van der Waals surface area contributed by atoms with Gasteiger partial charge in [0.1, 0.15) is 11.1 Å². The molecule has 1 atom stereocenters. The van der Waals surface area contributed by atoms with Gasteiger partial charge in [-0.05, 0) is 40.7 Å². The fourth-order valence-corrected chi connectivity index (χ4v) is 2.92. The Kier molecular flexibility index (Phi) is 2.78. The SMILES string of the molecule is Brc1ccoc1C1NCCCS1. The summed E-state index contributed by atoms with van der Waals surface area (Å²) in [6, 6.07) is 1.94. The largest absolute Gasteiger partial charge is 0.466 e. The number of thioether (sulfide) groups is 1. The van der Waals surface area contributed by atoms with Crippen molar-refractivity contribution in [1.29, 1.82) is 0 Å². The molecule has 2 nitrogen and oxygen atoms in total. The lowest BCUT2D eigenvalue weighted by molar-refractivity contribution is 0.470. The fraction of sp³-hybridized carbons (Fsp3) is 0.500. The van der Waals surface area contributed by atoms with E-state index in [1.807, 2.05) is 17.8 Å². The zero-order valence-electron chi connectivity index (χ0n) is 6.55. The van der Waals surface area contributed by atoms with Crippen LogP contribution in [-0.4, -0.2) is 12.3 Å². The summed E-state index contributed by atoms with van der Waals surface area (Å²) in [7, 11) is 0. The summed E-state index contributed by atoms with van der Waals surface area (Å²) in [5, 5.41) is 3.74. The van der Waals surface area contributed by atoms with E-state index in [4.69, 9.17) is 4.42 Å². The summed E-state index contributed by atoms with van der Waals surface area (Å²) in [5.41, 5.74) is 0. The third kappa shape index (κ3) is 1.70. The van der Waals surface area contributed by atoms with Crippen LogP contribution in [0.1, 0.15) is 17.6 Å². The van der Waals surface area contributed by atoms with Crippen molar-refractivity contribution in [2.45, 2.75) is 11.8 Å². The normalized spacial score (nSPS) is 24.2. The van der Waals surface area contributed by atoms with Gasteiger partial charge in [0.2, 0.25) is 0 Å². The van der Waals surface area contributed by atoms with Gasteiger partial charge < -0.3 is 4.42 Å². The van der Waals surface area contributed by atoms with Crippen LogP contribution in [-0.2, 0) is 0 Å². The molecule has 0 bridgehead atoms. The summed E-state index contributed by atoms with van der Waals surface area (Å²) < 4.78 is 6.44. The molecule has 1 aliphatic heterocycles. The minimum absolute atomic E-state index is 0.336. The Hall–Kier alpha value is 0.0700. The second-order valence-corrected chi connectivity index (χ2v) is 4.76. The van der Waals surface area contributed by atoms with Crippen molar-refractivity contribution in [2.75, 3.05) is 12.3 Å². The van der Waals surface area contributed by atoms with E-state index in [1.54, 1.807) is 6.26 Å². The lowest BCUT2D eigenvalue weighted by atomic mass is 10.4. The zero-order valence-corrected chi connectivity index (χ0v) is 8.95. The molecule has 4 heteroatoms. The van der Waals surface area contributed by atoms with E-state index in [1.165, 1.54) is 12.2 Å². The summed E-state index contributed by atoms with van der Waals surface area (Å²) >= 11 is 5.35. The Morgan fingerprint density at radius 3 is 3.17 bits per heavy atom. The van der Waals surface area contributed by atoms with Crippen LogP contribution >= 0.6 is 27.7 Å². The topological polar surface area (TPSA) is 25.2 Å². The molecule has 0 saturated carbocycles. The molecule has 1 aliphatic rings. The first kappa shape index (κ1) is 8.66. The van der Waals surface area contributed by atoms with Crippen LogP contribution in [0, 0.1) is 0 Å². The molecular formula is C8H10BrNOS. The van der Waals surface area contributed by atoms with Crippen molar-refractivity contribution in [3.63, 3.8) is 0 Å². The molecule has 2 rings (SSSR count). The highest BCUT2D eigenvalue weighted by atomic mass is 79.9. The molecule has 1 aromatic rings. The van der Waals surface area contributed by atoms with Crippen LogP contribution in [0.15, 0.2) is 21.2 Å². The Bertz CT molecular complexity index is 257. The maximum absolute atomic E-state index is 5.37. The highest BCUT2D eigenvalue weighted by molar-refractivity contribution is 9.10. The molecule has 0 aliphatic carbocycles. The van der Waals surface area contributed by atoms with Gasteiger partial charge in [0, 0.05) is 0 Å². The number of rotatable bonds is 1. The van der Waals surface area contributed by atoms with Crippen LogP contribution < -0.4 is 5.32 Å². The molecule has 12 heavy (non-hydrogen) atoms. The quantitative estimate of drug-likeness (QED) is 0.827. The van der Waals surface area contributed by atoms with Crippen LogP contribution in [0.5, 0.6) is 0 Å². The van der Waals surface area contributed by atoms with E-state index in [0.717, 1.165) is 16.8 Å². The van der Waals surface area contributed by atoms with Crippen LogP contribution in [0.25, 0.3) is 0 Å². The van der Waals surface area contributed by atoms with Gasteiger partial charge in [-0.2, -0.15) is 0 Å². The number of furan rings is 1. The minimum Gasteiger partial charge on any atom is -0.466 e. The third-order valence-electron chi connectivity index (χ3n) is 1.82. The van der Waals surface area contributed by atoms with Gasteiger partial charge in [0.05, 0.1) is 10.7 Å². The van der Waals surface area contributed by atoms with Crippen LogP contribution in [0.4, 0.5) is 0 Å². The predicted molar refractivity (Wildman–Crippen MR) is 54.2 cm³/mol. The minimum atomic E-state index is 0.336. The van der Waals surface area contributed by atoms with E-state index in [9.17, 15) is 0 Å². The molecule has 1 aromatic heterocycles. The zero-order chi connectivity index (χ0) is 8.39. The molecule has 66 valence electrons. The second-order valence-electron chi connectivity index (χ2n) is 2.69. The lowest BCUT2D eigenvalue weighted by Gasteiger charge is -2.21. The van der Waals surface area contributed by atoms with Gasteiger partial charge in [-0.3, -0.25) is 5.32 Å². The molecule has 2 heterocycles. The summed E-state index contributed by atoms with van der Waals surface area (Å²) in [6.07, 6.45) is 2.97. The Labute approximate surface area is 84.2 Å². The van der Waals surface area contributed by atoms with Gasteiger partial charge in [-0.15, -0.1) is 11.8 Å². The number of nitrogens with one attached hydrogen (secondary N) is 1. The maximum atomic E-state index is 5.37. The molecule has 1 unspecified atom stereocenters. The van der Waals surface area contributed by atoms with E-state index in [0.29, 0.717) is 5.37 Å². The van der Waals surface area contributed by atoms with E-state index in [2.05, 4.69) is 21.2 Å². The fourth-order valence-electron chi connectivity index (χ4n) is 1.23. The number of hydrogen-bond donors (Lipinski definition) is 1. The maximum Gasteiger partial charge on any atom is 0.145 e. The lowest BCUT2D eigenvalue weighted by Crippen LogP contribution is -2.25. The second kappa shape index (κ2) is 3.85. The number of halogens is 1. The molecule has 0 amide bonds. The molecule has 1 saturated heterocycles. The summed E-state index contributed by atoms with van der Waals surface area (Å²) in [4.78, 5) is 0. The number of hydrogen-bond acceptors (Lipinski definition) is 3. The molecule has 1 fully saturated rings. The molecule has 0 aromatic carbocycles. The Balaban J connectivity index is 2.13. The molecule has 0 radical (unpaired) electrons. The van der Waals surface area contributed by atoms with Gasteiger partial charge in [-0.25, -0.2) is 0 Å². The smallest absolute Gasteiger partial charge is 0.145 e. The Morgan fingerprint density at radius 2 is 2.58 bits per heavy atom. The molecule has 0 spiro atoms. The molecule has 1 N–H and O–H groups in total. The first-order valence-electron chi connectivity index (χ1n) is 3.96.